The van der Waals surface area contributed by atoms with E-state index in [1.165, 1.54) is 5.56 Å². The second-order valence-electron chi connectivity index (χ2n) is 4.61. The fraction of sp³-hybridized carbons (Fsp3) is 0.583. The number of carbonyl (C=O) groups excluding carboxylic acids is 1. The molecule has 1 aliphatic carbocycles. The summed E-state index contributed by atoms with van der Waals surface area (Å²) in [6, 6.07) is 2.48. The van der Waals surface area contributed by atoms with E-state index in [1.807, 2.05) is 5.38 Å². The number of piperidine rings is 1. The van der Waals surface area contributed by atoms with E-state index in [9.17, 15) is 4.79 Å². The maximum absolute atomic E-state index is 12.0. The number of halogens is 1. The number of aryl methyl sites for hydroxylation is 1. The van der Waals surface area contributed by atoms with Gasteiger partial charge in [-0.2, -0.15) is 0 Å². The van der Waals surface area contributed by atoms with Crippen LogP contribution in [-0.4, -0.2) is 25.0 Å². The average molecular weight is 273 g/mol. The van der Waals surface area contributed by atoms with E-state index in [1.54, 1.807) is 11.3 Å². The smallest absolute Gasteiger partial charge is 0.261 e. The molecule has 1 amide bonds. The van der Waals surface area contributed by atoms with Crippen LogP contribution in [0.2, 0.25) is 0 Å². The molecule has 2 N–H and O–H groups in total. The Kier molecular flexibility index (Phi) is 3.76. The molecule has 0 bridgehead atoms. The third-order valence-electron chi connectivity index (χ3n) is 3.72. The van der Waals surface area contributed by atoms with Gasteiger partial charge in [0.1, 0.15) is 0 Å². The summed E-state index contributed by atoms with van der Waals surface area (Å²) in [6.45, 7) is 4.23. The minimum Gasteiger partial charge on any atom is -0.348 e. The van der Waals surface area contributed by atoms with Crippen molar-refractivity contribution < 1.29 is 4.79 Å². The second-order valence-corrected chi connectivity index (χ2v) is 5.53. The Morgan fingerprint density at radius 1 is 1.53 bits per heavy atom. The van der Waals surface area contributed by atoms with Gasteiger partial charge in [-0.15, -0.1) is 23.7 Å². The van der Waals surface area contributed by atoms with Crippen LogP contribution < -0.4 is 10.6 Å². The summed E-state index contributed by atoms with van der Waals surface area (Å²) in [5, 5.41) is 8.50. The molecule has 2 atom stereocenters. The van der Waals surface area contributed by atoms with Gasteiger partial charge in [0, 0.05) is 19.1 Å². The summed E-state index contributed by atoms with van der Waals surface area (Å²) in [4.78, 5) is 12.9. The summed E-state index contributed by atoms with van der Waals surface area (Å²) >= 11 is 1.55. The number of thiophene rings is 1. The van der Waals surface area contributed by atoms with Crippen molar-refractivity contribution in [1.29, 1.82) is 0 Å². The molecular formula is C12H17ClN2OS. The fourth-order valence-corrected chi connectivity index (χ4v) is 3.56. The summed E-state index contributed by atoms with van der Waals surface area (Å²) < 4.78 is 0. The van der Waals surface area contributed by atoms with Gasteiger partial charge in [-0.1, -0.05) is 6.92 Å². The minimum absolute atomic E-state index is 0. The van der Waals surface area contributed by atoms with Crippen molar-refractivity contribution in [3.05, 3.63) is 21.9 Å². The van der Waals surface area contributed by atoms with Gasteiger partial charge in [0.15, 0.2) is 0 Å². The second kappa shape index (κ2) is 4.96. The van der Waals surface area contributed by atoms with Gasteiger partial charge < -0.3 is 10.6 Å². The number of rotatable bonds is 3. The zero-order chi connectivity index (χ0) is 11.1. The van der Waals surface area contributed by atoms with Gasteiger partial charge >= 0.3 is 0 Å². The van der Waals surface area contributed by atoms with Crippen molar-refractivity contribution >= 4 is 29.7 Å². The average Bonchev–Trinajstić information content (AvgIpc) is 2.81. The van der Waals surface area contributed by atoms with Crippen molar-refractivity contribution in [2.24, 2.45) is 11.8 Å². The topological polar surface area (TPSA) is 41.1 Å². The number of amides is 1. The molecule has 0 spiro atoms. The zero-order valence-corrected chi connectivity index (χ0v) is 11.4. The van der Waals surface area contributed by atoms with Gasteiger partial charge in [0.2, 0.25) is 0 Å². The number of fused-ring (bicyclic) bond motifs is 1. The Balaban J connectivity index is 0.00000108. The zero-order valence-electron chi connectivity index (χ0n) is 9.73. The third kappa shape index (κ3) is 2.21. The molecule has 1 aromatic heterocycles. The Morgan fingerprint density at radius 2 is 2.24 bits per heavy atom. The molecule has 17 heavy (non-hydrogen) atoms. The van der Waals surface area contributed by atoms with Crippen molar-refractivity contribution in [3.8, 4) is 0 Å². The molecule has 2 heterocycles. The summed E-state index contributed by atoms with van der Waals surface area (Å²) in [5.74, 6) is 1.51. The van der Waals surface area contributed by atoms with Crippen molar-refractivity contribution in [2.45, 2.75) is 19.4 Å². The highest BCUT2D eigenvalue weighted by Crippen LogP contribution is 2.41. The van der Waals surface area contributed by atoms with E-state index in [2.05, 4.69) is 23.6 Å². The molecule has 94 valence electrons. The van der Waals surface area contributed by atoms with Crippen LogP contribution in [0.25, 0.3) is 0 Å². The Labute approximate surface area is 111 Å². The maximum atomic E-state index is 12.0. The molecule has 0 aromatic carbocycles. The van der Waals surface area contributed by atoms with E-state index in [0.29, 0.717) is 17.9 Å². The van der Waals surface area contributed by atoms with Gasteiger partial charge in [0.25, 0.3) is 5.91 Å². The van der Waals surface area contributed by atoms with Crippen LogP contribution >= 0.6 is 23.7 Å². The molecule has 5 heteroatoms. The Bertz CT molecular complexity index is 410. The molecule has 1 aromatic rings. The van der Waals surface area contributed by atoms with E-state index < -0.39 is 0 Å². The van der Waals surface area contributed by atoms with Crippen molar-refractivity contribution in [1.82, 2.24) is 10.6 Å². The van der Waals surface area contributed by atoms with Crippen LogP contribution in [0.4, 0.5) is 0 Å². The fourth-order valence-electron chi connectivity index (χ4n) is 2.66. The molecule has 3 rings (SSSR count). The lowest BCUT2D eigenvalue weighted by molar-refractivity contribution is 0.0950. The standard InChI is InChI=1S/C12H16N2OS.ClH/c1-2-7-3-4-16-11(7)12(15)14-10-8-5-13-6-9(8)10;/h3-4,8-10,13H,2,5-6H2,1H3,(H,14,15);1H. The highest BCUT2D eigenvalue weighted by atomic mass is 35.5. The molecule has 1 saturated carbocycles. The summed E-state index contributed by atoms with van der Waals surface area (Å²) in [7, 11) is 0. The monoisotopic (exact) mass is 272 g/mol. The van der Waals surface area contributed by atoms with Crippen LogP contribution in [0, 0.1) is 11.8 Å². The van der Waals surface area contributed by atoms with Crippen molar-refractivity contribution in [2.75, 3.05) is 13.1 Å². The first-order chi connectivity index (χ1) is 7.81. The normalized spacial score (nSPS) is 29.4. The Morgan fingerprint density at radius 3 is 2.88 bits per heavy atom. The van der Waals surface area contributed by atoms with Gasteiger partial charge in [-0.3, -0.25) is 4.79 Å². The number of hydrogen-bond acceptors (Lipinski definition) is 3. The van der Waals surface area contributed by atoms with Gasteiger partial charge in [-0.05, 0) is 35.3 Å². The summed E-state index contributed by atoms with van der Waals surface area (Å²) in [6.07, 6.45) is 0.936. The molecule has 2 unspecified atom stereocenters. The third-order valence-corrected chi connectivity index (χ3v) is 4.68. The van der Waals surface area contributed by atoms with Gasteiger partial charge in [-0.25, -0.2) is 0 Å². The van der Waals surface area contributed by atoms with Crippen LogP contribution in [0.1, 0.15) is 22.2 Å². The predicted octanol–water partition coefficient (Wildman–Crippen LogP) is 1.68. The van der Waals surface area contributed by atoms with Crippen LogP contribution in [0.15, 0.2) is 11.4 Å². The lowest BCUT2D eigenvalue weighted by atomic mass is 10.2. The lowest BCUT2D eigenvalue weighted by Crippen LogP contribution is -2.32. The summed E-state index contributed by atoms with van der Waals surface area (Å²) in [5.41, 5.74) is 1.17. The van der Waals surface area contributed by atoms with E-state index >= 15 is 0 Å². The van der Waals surface area contributed by atoms with E-state index in [4.69, 9.17) is 0 Å². The van der Waals surface area contributed by atoms with Crippen LogP contribution in [0.3, 0.4) is 0 Å². The quantitative estimate of drug-likeness (QED) is 0.879. The molecule has 1 aliphatic heterocycles. The SMILES string of the molecule is CCc1ccsc1C(=O)NC1C2CNCC21.Cl. The highest BCUT2D eigenvalue weighted by molar-refractivity contribution is 7.12. The Hall–Kier alpha value is -0.580. The largest absolute Gasteiger partial charge is 0.348 e. The highest BCUT2D eigenvalue weighted by Gasteiger charge is 2.53. The predicted molar refractivity (Wildman–Crippen MR) is 72.0 cm³/mol. The lowest BCUT2D eigenvalue weighted by Gasteiger charge is -2.07. The molecule has 1 saturated heterocycles. The van der Waals surface area contributed by atoms with Crippen molar-refractivity contribution in [3.63, 3.8) is 0 Å². The first-order valence-corrected chi connectivity index (χ1v) is 6.77. The van der Waals surface area contributed by atoms with Crippen LogP contribution in [0.5, 0.6) is 0 Å². The van der Waals surface area contributed by atoms with E-state index in [0.717, 1.165) is 24.4 Å². The number of carbonyl (C=O) groups is 1. The molecule has 2 fully saturated rings. The molecule has 2 aliphatic rings. The number of hydrogen-bond donors (Lipinski definition) is 2. The van der Waals surface area contributed by atoms with Gasteiger partial charge in [0.05, 0.1) is 4.88 Å². The molecule has 0 radical (unpaired) electrons. The minimum atomic E-state index is 0. The van der Waals surface area contributed by atoms with Crippen LogP contribution in [-0.2, 0) is 6.42 Å². The number of nitrogens with one attached hydrogen (secondary N) is 2. The first-order valence-electron chi connectivity index (χ1n) is 5.89. The first kappa shape index (κ1) is 12.9. The molecule has 3 nitrogen and oxygen atoms in total. The molecular weight excluding hydrogens is 256 g/mol. The maximum Gasteiger partial charge on any atom is 0.261 e. The van der Waals surface area contributed by atoms with E-state index in [-0.39, 0.29) is 18.3 Å².